The van der Waals surface area contributed by atoms with Crippen molar-refractivity contribution >= 4 is 51.0 Å². The van der Waals surface area contributed by atoms with Crippen molar-refractivity contribution in [2.24, 2.45) is 5.73 Å². The molecule has 8 rings (SSSR count). The number of rotatable bonds is 13. The van der Waals surface area contributed by atoms with Gasteiger partial charge in [-0.05, 0) is 103 Å². The van der Waals surface area contributed by atoms with Gasteiger partial charge >= 0.3 is 0 Å². The Balaban J connectivity index is 1.14. The molecule has 3 aliphatic heterocycles. The molecule has 8 N–H and O–H groups in total. The number of nitrogens with one attached hydrogen (secondary N) is 5. The highest BCUT2D eigenvalue weighted by atomic mass is 32.1. The van der Waals surface area contributed by atoms with Crippen LogP contribution in [-0.4, -0.2) is 95.7 Å². The Kier molecular flexibility index (Phi) is 14.8. The Morgan fingerprint density at radius 2 is 1.22 bits per heavy atom. The number of carbonyl (C=O) groups excluding carboxylic acids is 5. The summed E-state index contributed by atoms with van der Waals surface area (Å²) in [5, 5.41) is 27.4. The van der Waals surface area contributed by atoms with Crippen LogP contribution in [0.1, 0.15) is 55.4 Å². The van der Waals surface area contributed by atoms with Crippen LogP contribution in [0.25, 0.3) is 10.1 Å². The third-order valence-electron chi connectivity index (χ3n) is 12.1. The average molecular weight is 933 g/mol. The molecule has 5 aromatic rings. The highest BCUT2D eigenvalue weighted by molar-refractivity contribution is 7.17. The summed E-state index contributed by atoms with van der Waals surface area (Å²) >= 11 is 1.50. The van der Waals surface area contributed by atoms with Crippen LogP contribution in [0.3, 0.4) is 0 Å². The number of fused-ring (bicyclic) bond motifs is 4. The Morgan fingerprint density at radius 1 is 0.642 bits per heavy atom. The van der Waals surface area contributed by atoms with Gasteiger partial charge in [0.25, 0.3) is 5.91 Å². The molecular weight excluding hydrogens is 877 g/mol. The van der Waals surface area contributed by atoms with E-state index in [2.05, 4.69) is 26.6 Å². The molecule has 8 atom stereocenters. The molecule has 4 aromatic carbocycles. The highest BCUT2D eigenvalue weighted by Gasteiger charge is 2.58. The Hall–Kier alpha value is -6.37. The molecule has 0 bridgehead atoms. The number of unbranched alkanes of at least 4 members (excludes halogenated alkanes) is 1. The van der Waals surface area contributed by atoms with Crippen molar-refractivity contribution < 1.29 is 48.0 Å². The minimum Gasteiger partial charge on any atom is -0.508 e. The first kappa shape index (κ1) is 47.1. The van der Waals surface area contributed by atoms with Gasteiger partial charge in [-0.3, -0.25) is 24.0 Å². The Bertz CT molecular complexity index is 2540. The molecule has 67 heavy (non-hydrogen) atoms. The molecule has 17 heteroatoms. The molecule has 3 fully saturated rings. The fraction of sp³-hybridized carbons (Fsp3) is 0.380. The first-order valence-electron chi connectivity index (χ1n) is 22.5. The number of phenols is 1. The van der Waals surface area contributed by atoms with Crippen LogP contribution in [0.2, 0.25) is 0 Å². The predicted octanol–water partition coefficient (Wildman–Crippen LogP) is 3.66. The number of amides is 5. The summed E-state index contributed by atoms with van der Waals surface area (Å²) in [6, 6.07) is 24.8. The van der Waals surface area contributed by atoms with Crippen LogP contribution < -0.4 is 37.1 Å². The molecule has 3 saturated heterocycles. The van der Waals surface area contributed by atoms with E-state index in [4.69, 9.17) is 24.7 Å². The van der Waals surface area contributed by atoms with Crippen LogP contribution in [0.4, 0.5) is 0 Å². The van der Waals surface area contributed by atoms with Crippen molar-refractivity contribution in [2.45, 2.75) is 113 Å². The summed E-state index contributed by atoms with van der Waals surface area (Å²) in [6.45, 7) is 4.08. The smallest absolute Gasteiger partial charge is 0.252 e. The van der Waals surface area contributed by atoms with Crippen LogP contribution in [-0.2, 0) is 64.1 Å². The molecule has 0 aliphatic carbocycles. The lowest BCUT2D eigenvalue weighted by atomic mass is 9.99. The minimum atomic E-state index is -1.42. The van der Waals surface area contributed by atoms with E-state index in [1.165, 1.54) is 23.5 Å². The number of hydrogen-bond donors (Lipinski definition) is 7. The number of benzene rings is 4. The third-order valence-corrected chi connectivity index (χ3v) is 13.1. The van der Waals surface area contributed by atoms with Crippen molar-refractivity contribution in [3.05, 3.63) is 131 Å². The molecule has 5 amide bonds. The second-order valence-electron chi connectivity index (χ2n) is 17.5. The van der Waals surface area contributed by atoms with E-state index in [1.54, 1.807) is 50.2 Å². The fourth-order valence-corrected chi connectivity index (χ4v) is 9.57. The quantitative estimate of drug-likeness (QED) is 0.0844. The third kappa shape index (κ3) is 11.8. The maximum Gasteiger partial charge on any atom is 0.252 e. The lowest BCUT2D eigenvalue weighted by Crippen LogP contribution is -2.63. The highest BCUT2D eigenvalue weighted by Crippen LogP contribution is 2.38. The number of thiophene rings is 1. The van der Waals surface area contributed by atoms with Gasteiger partial charge in [0, 0.05) is 24.0 Å². The first-order chi connectivity index (χ1) is 32.3. The van der Waals surface area contributed by atoms with E-state index in [0.29, 0.717) is 42.9 Å². The predicted molar refractivity (Wildman–Crippen MR) is 250 cm³/mol. The number of hydrogen-bond acceptors (Lipinski definition) is 12. The van der Waals surface area contributed by atoms with Crippen LogP contribution in [0.15, 0.2) is 109 Å². The zero-order valence-corrected chi connectivity index (χ0v) is 38.1. The fourth-order valence-electron chi connectivity index (χ4n) is 8.59. The monoisotopic (exact) mass is 932 g/mol. The van der Waals surface area contributed by atoms with Gasteiger partial charge in [0.15, 0.2) is 18.2 Å². The van der Waals surface area contributed by atoms with Gasteiger partial charge < -0.3 is 56.4 Å². The normalized spacial score (nSPS) is 25.6. The molecule has 1 aromatic heterocycles. The van der Waals surface area contributed by atoms with E-state index in [9.17, 15) is 29.1 Å². The summed E-state index contributed by atoms with van der Waals surface area (Å²) in [5.74, 6) is -3.90. The number of nitrogens with two attached hydrogens (primary N) is 1. The lowest BCUT2D eigenvalue weighted by molar-refractivity contribution is -0.208. The first-order valence-corrected chi connectivity index (χ1v) is 23.4. The van der Waals surface area contributed by atoms with Crippen LogP contribution in [0, 0.1) is 0 Å². The summed E-state index contributed by atoms with van der Waals surface area (Å²) in [7, 11) is 0. The average Bonchev–Trinajstić information content (AvgIpc) is 3.97. The van der Waals surface area contributed by atoms with E-state index in [1.807, 2.05) is 60.0 Å². The molecule has 4 heterocycles. The molecule has 0 radical (unpaired) electrons. The van der Waals surface area contributed by atoms with Crippen LogP contribution >= 0.6 is 11.3 Å². The maximum absolute atomic E-state index is 14.7. The Morgan fingerprint density at radius 3 is 1.91 bits per heavy atom. The van der Waals surface area contributed by atoms with Gasteiger partial charge in [0.05, 0.1) is 6.04 Å². The van der Waals surface area contributed by atoms with Crippen molar-refractivity contribution in [3.8, 4) is 11.5 Å². The topological polar surface area (TPSA) is 229 Å². The van der Waals surface area contributed by atoms with Gasteiger partial charge in [0.2, 0.25) is 23.6 Å². The maximum atomic E-state index is 14.7. The second kappa shape index (κ2) is 21.1. The molecular formula is C50H56N6O10S. The second-order valence-corrected chi connectivity index (χ2v) is 18.5. The number of phenolic OH excluding ortho intramolecular Hbond substituents is 1. The summed E-state index contributed by atoms with van der Waals surface area (Å²) in [4.78, 5) is 73.0. The standard InChI is InChI=1S/C50H56N6O10S/c1-50(2)65-43-41-42(64-49(43)66-50)48(62)55-37(24-29-15-19-33(57)20-16-29)45(59)54-39(26-32-28-67-40-14-7-6-12-35(32)40)46(60)52-36(13-8-9-23-51)44(58)53-38(47(61)56-41)25-30-17-21-34(22-18-30)63-27-31-10-4-3-5-11-31/h3-7,10-12,14-22,28,36-39,41-43,49,57H,8-9,13,23-27,51H2,1-2H3,(H,52,60)(H,53,58)(H,54,59)(H,55,62)(H,56,61)/t36?,37?,38-,39-,41+,42-,43?,49+/m0/s1. The number of aromatic hydroxyl groups is 1. The largest absolute Gasteiger partial charge is 0.508 e. The molecule has 0 spiro atoms. The summed E-state index contributed by atoms with van der Waals surface area (Å²) in [6.07, 6.45) is -2.22. The lowest BCUT2D eigenvalue weighted by Gasteiger charge is -2.30. The van der Waals surface area contributed by atoms with Gasteiger partial charge in [-0.15, -0.1) is 11.3 Å². The molecule has 16 nitrogen and oxygen atoms in total. The summed E-state index contributed by atoms with van der Waals surface area (Å²) in [5.41, 5.74) is 8.93. The van der Waals surface area contributed by atoms with E-state index < -0.39 is 84.0 Å². The van der Waals surface area contributed by atoms with Gasteiger partial charge in [-0.2, -0.15) is 0 Å². The molecule has 3 aliphatic rings. The van der Waals surface area contributed by atoms with E-state index in [-0.39, 0.29) is 31.4 Å². The van der Waals surface area contributed by atoms with Crippen molar-refractivity contribution in [3.63, 3.8) is 0 Å². The van der Waals surface area contributed by atoms with Gasteiger partial charge in [-0.1, -0.05) is 72.8 Å². The zero-order valence-electron chi connectivity index (χ0n) is 37.3. The van der Waals surface area contributed by atoms with Crippen molar-refractivity contribution in [2.75, 3.05) is 6.54 Å². The molecule has 352 valence electrons. The minimum absolute atomic E-state index is 0.00980. The summed E-state index contributed by atoms with van der Waals surface area (Å²) < 4.78 is 25.4. The van der Waals surface area contributed by atoms with E-state index >= 15 is 0 Å². The van der Waals surface area contributed by atoms with Crippen LogP contribution in [0.5, 0.6) is 11.5 Å². The Labute approximate surface area is 392 Å². The number of ether oxygens (including phenoxy) is 4. The van der Waals surface area contributed by atoms with Gasteiger partial charge in [-0.25, -0.2) is 0 Å². The van der Waals surface area contributed by atoms with E-state index in [0.717, 1.165) is 21.2 Å². The molecule has 3 unspecified atom stereocenters. The van der Waals surface area contributed by atoms with Crippen molar-refractivity contribution in [1.29, 1.82) is 0 Å². The SMILES string of the molecule is CC1(C)OC2[C@H](O[C@@H]3C(=O)NC(Cc4ccc(O)cc4)C(=O)N[C@@H](Cc4csc5ccccc45)C(=O)NC(CCCCN)C(=O)N[C@@H](Cc4ccc(OCc5ccccc5)cc4)C(=O)N[C@@H]23)O1. The zero-order chi connectivity index (χ0) is 47.1. The van der Waals surface area contributed by atoms with Crippen molar-refractivity contribution in [1.82, 2.24) is 26.6 Å². The number of carbonyl (C=O) groups is 5. The van der Waals surface area contributed by atoms with Gasteiger partial charge in [0.1, 0.15) is 48.4 Å². The molecule has 0 saturated carbocycles.